The number of phenols is 1. The number of phenolic OH excluding ortho intramolecular Hbond substituents is 1. The topological polar surface area (TPSA) is 119 Å². The molecule has 0 amide bonds. The summed E-state index contributed by atoms with van der Waals surface area (Å²) >= 11 is 5.98. The fourth-order valence-electron chi connectivity index (χ4n) is 5.70. The van der Waals surface area contributed by atoms with Crippen LogP contribution in [0.1, 0.15) is 62.4 Å². The van der Waals surface area contributed by atoms with Gasteiger partial charge in [-0.2, -0.15) is 4.98 Å². The van der Waals surface area contributed by atoms with Gasteiger partial charge in [-0.1, -0.05) is 31.4 Å². The molecule has 1 aliphatic heterocycles. The molecule has 37 heavy (non-hydrogen) atoms. The number of benzene rings is 1. The number of hydrogen-bond donors (Lipinski definition) is 2. The Morgan fingerprint density at radius 3 is 2.73 bits per heavy atom. The molecule has 1 fully saturated rings. The first-order chi connectivity index (χ1) is 17.8. The normalized spacial score (nSPS) is 20.6. The number of hydrogen-bond acceptors (Lipinski definition) is 8. The number of carbonyl (C=O) groups excluding carboxylic acids is 1. The van der Waals surface area contributed by atoms with E-state index in [0.29, 0.717) is 41.6 Å². The predicted molar refractivity (Wildman–Crippen MR) is 137 cm³/mol. The maximum atomic E-state index is 13.3. The standard InChI is InChI=1S/C27H31ClN4O5/c1-3-16-10-17(23(36-2)12-21(16)33)8-9-27(18-6-4-5-7-18)13-22(34)20(25(35)37-27)11-24-30-26-29-14-19(28)15-32(26)31-24/h10,12,14-15,18,33-34H,3-9,11,13H2,1-2H3/t27-/m1/s1. The molecule has 3 aromatic rings. The molecule has 1 aromatic carbocycles. The van der Waals surface area contributed by atoms with E-state index in [1.54, 1.807) is 19.4 Å². The lowest BCUT2D eigenvalue weighted by atomic mass is 9.76. The molecule has 0 saturated heterocycles. The van der Waals surface area contributed by atoms with Gasteiger partial charge in [0.05, 0.1) is 30.1 Å². The van der Waals surface area contributed by atoms with Gasteiger partial charge >= 0.3 is 5.97 Å². The predicted octanol–water partition coefficient (Wildman–Crippen LogP) is 4.92. The average Bonchev–Trinajstić information content (AvgIpc) is 3.55. The molecule has 196 valence electrons. The Morgan fingerprint density at radius 1 is 1.24 bits per heavy atom. The zero-order valence-electron chi connectivity index (χ0n) is 21.0. The molecule has 10 heteroatoms. The Hall–Kier alpha value is -3.33. The molecule has 2 N–H and O–H groups in total. The average molecular weight is 527 g/mol. The van der Waals surface area contributed by atoms with Crippen molar-refractivity contribution in [2.24, 2.45) is 5.92 Å². The summed E-state index contributed by atoms with van der Waals surface area (Å²) in [6.07, 6.45) is 9.21. The summed E-state index contributed by atoms with van der Waals surface area (Å²) in [7, 11) is 1.58. The highest BCUT2D eigenvalue weighted by molar-refractivity contribution is 6.30. The number of aliphatic hydroxyl groups excluding tert-OH is 1. The van der Waals surface area contributed by atoms with Crippen molar-refractivity contribution in [2.45, 2.75) is 70.3 Å². The van der Waals surface area contributed by atoms with Crippen molar-refractivity contribution in [1.29, 1.82) is 0 Å². The third kappa shape index (κ3) is 4.97. The minimum atomic E-state index is -0.808. The second kappa shape index (κ2) is 10.2. The van der Waals surface area contributed by atoms with Crippen molar-refractivity contribution < 1.29 is 24.5 Å². The highest BCUT2D eigenvalue weighted by Crippen LogP contribution is 2.46. The Bertz CT molecular complexity index is 1360. The van der Waals surface area contributed by atoms with Gasteiger partial charge in [0, 0.05) is 18.9 Å². The molecule has 0 radical (unpaired) electrons. The zero-order valence-corrected chi connectivity index (χ0v) is 21.8. The number of ether oxygens (including phenoxy) is 2. The lowest BCUT2D eigenvalue weighted by Gasteiger charge is -2.42. The molecule has 2 aliphatic rings. The van der Waals surface area contributed by atoms with E-state index in [4.69, 9.17) is 21.1 Å². The van der Waals surface area contributed by atoms with Crippen LogP contribution in [0, 0.1) is 5.92 Å². The van der Waals surface area contributed by atoms with E-state index in [1.165, 1.54) is 10.7 Å². The first-order valence-corrected chi connectivity index (χ1v) is 13.1. The second-order valence-corrected chi connectivity index (χ2v) is 10.3. The first-order valence-electron chi connectivity index (χ1n) is 12.7. The Balaban J connectivity index is 1.42. The van der Waals surface area contributed by atoms with E-state index in [9.17, 15) is 15.0 Å². The lowest BCUT2D eigenvalue weighted by Crippen LogP contribution is -2.46. The van der Waals surface area contributed by atoms with Crippen LogP contribution in [0.4, 0.5) is 0 Å². The number of nitrogens with zero attached hydrogens (tertiary/aromatic N) is 4. The number of fused-ring (bicyclic) bond motifs is 1. The molecule has 0 spiro atoms. The van der Waals surface area contributed by atoms with Gasteiger partial charge in [-0.3, -0.25) is 0 Å². The summed E-state index contributed by atoms with van der Waals surface area (Å²) in [6, 6.07) is 3.60. The summed E-state index contributed by atoms with van der Waals surface area (Å²) in [5.74, 6) is 1.17. The minimum Gasteiger partial charge on any atom is -0.512 e. The van der Waals surface area contributed by atoms with Gasteiger partial charge in [0.25, 0.3) is 5.78 Å². The SMILES string of the molecule is CCc1cc(CC[C@]2(C3CCCC3)CC(O)=C(Cc3nc4ncc(Cl)cn4n3)C(=O)O2)c(OC)cc1O. The zero-order chi connectivity index (χ0) is 26.2. The van der Waals surface area contributed by atoms with Crippen molar-refractivity contribution in [3.8, 4) is 11.5 Å². The molecule has 5 rings (SSSR count). The fourth-order valence-corrected chi connectivity index (χ4v) is 5.84. The van der Waals surface area contributed by atoms with Crippen LogP contribution in [0.5, 0.6) is 11.5 Å². The molecule has 0 unspecified atom stereocenters. The summed E-state index contributed by atoms with van der Waals surface area (Å²) < 4.78 is 13.2. The Kier molecular flexibility index (Phi) is 6.98. The summed E-state index contributed by atoms with van der Waals surface area (Å²) in [4.78, 5) is 21.8. The number of rotatable bonds is 8. The van der Waals surface area contributed by atoms with Gasteiger partial charge in [0.1, 0.15) is 22.9 Å². The van der Waals surface area contributed by atoms with Gasteiger partial charge in [0.2, 0.25) is 0 Å². The Labute approximate surface area is 220 Å². The number of halogens is 1. The molecule has 1 atom stereocenters. The molecular formula is C27H31ClN4O5. The number of methoxy groups -OCH3 is 1. The molecule has 1 aliphatic carbocycles. The summed E-state index contributed by atoms with van der Waals surface area (Å²) in [6.45, 7) is 1.99. The number of aliphatic hydroxyl groups is 1. The molecule has 0 bridgehead atoms. The fraction of sp³-hybridized carbons (Fsp3) is 0.481. The smallest absolute Gasteiger partial charge is 0.338 e. The van der Waals surface area contributed by atoms with Crippen LogP contribution in [0.3, 0.4) is 0 Å². The largest absolute Gasteiger partial charge is 0.512 e. The van der Waals surface area contributed by atoms with Crippen LogP contribution in [-0.2, 0) is 28.8 Å². The first kappa shape index (κ1) is 25.3. The van der Waals surface area contributed by atoms with Crippen LogP contribution in [0.15, 0.2) is 35.9 Å². The molecule has 1 saturated carbocycles. The van der Waals surface area contributed by atoms with Crippen LogP contribution in [0.25, 0.3) is 5.78 Å². The van der Waals surface area contributed by atoms with Crippen molar-refractivity contribution >= 4 is 23.3 Å². The van der Waals surface area contributed by atoms with Crippen LogP contribution < -0.4 is 4.74 Å². The quantitative estimate of drug-likeness (QED) is 0.397. The van der Waals surface area contributed by atoms with Crippen molar-refractivity contribution in [2.75, 3.05) is 7.11 Å². The third-order valence-electron chi connectivity index (χ3n) is 7.68. The van der Waals surface area contributed by atoms with Crippen molar-refractivity contribution in [3.05, 3.63) is 57.8 Å². The number of esters is 1. The maximum Gasteiger partial charge on any atom is 0.338 e. The van der Waals surface area contributed by atoms with Gasteiger partial charge in [-0.05, 0) is 55.2 Å². The van der Waals surface area contributed by atoms with E-state index in [0.717, 1.165) is 36.8 Å². The van der Waals surface area contributed by atoms with Crippen LogP contribution in [-0.4, -0.2) is 48.5 Å². The molecule has 2 aromatic heterocycles. The monoisotopic (exact) mass is 526 g/mol. The molecular weight excluding hydrogens is 496 g/mol. The summed E-state index contributed by atoms with van der Waals surface area (Å²) in [5.41, 5.74) is 1.15. The van der Waals surface area contributed by atoms with E-state index in [1.807, 2.05) is 13.0 Å². The number of aryl methyl sites for hydroxylation is 2. The van der Waals surface area contributed by atoms with E-state index < -0.39 is 11.6 Å². The summed E-state index contributed by atoms with van der Waals surface area (Å²) in [5, 5.41) is 26.2. The van der Waals surface area contributed by atoms with E-state index in [-0.39, 0.29) is 35.8 Å². The number of aromatic nitrogens is 4. The van der Waals surface area contributed by atoms with Crippen LogP contribution >= 0.6 is 11.6 Å². The molecule has 3 heterocycles. The van der Waals surface area contributed by atoms with Gasteiger partial charge in [0.15, 0.2) is 5.82 Å². The van der Waals surface area contributed by atoms with E-state index >= 15 is 0 Å². The molecule has 9 nitrogen and oxygen atoms in total. The van der Waals surface area contributed by atoms with Crippen molar-refractivity contribution in [3.63, 3.8) is 0 Å². The highest BCUT2D eigenvalue weighted by atomic mass is 35.5. The Morgan fingerprint density at radius 2 is 2.03 bits per heavy atom. The lowest BCUT2D eigenvalue weighted by molar-refractivity contribution is -0.167. The van der Waals surface area contributed by atoms with Gasteiger partial charge in [-0.25, -0.2) is 14.3 Å². The second-order valence-electron chi connectivity index (χ2n) is 9.91. The van der Waals surface area contributed by atoms with Crippen LogP contribution in [0.2, 0.25) is 5.02 Å². The highest BCUT2D eigenvalue weighted by Gasteiger charge is 2.48. The number of cyclic esters (lactones) is 1. The number of aromatic hydroxyl groups is 1. The van der Waals surface area contributed by atoms with E-state index in [2.05, 4.69) is 15.1 Å². The van der Waals surface area contributed by atoms with Crippen molar-refractivity contribution in [1.82, 2.24) is 19.6 Å². The van der Waals surface area contributed by atoms with Gasteiger partial charge in [-0.15, -0.1) is 5.10 Å². The number of carbonyl (C=O) groups is 1. The minimum absolute atomic E-state index is 0.0277. The maximum absolute atomic E-state index is 13.3. The third-order valence-corrected chi connectivity index (χ3v) is 7.87. The van der Waals surface area contributed by atoms with Gasteiger partial charge < -0.3 is 19.7 Å².